The molecule has 1 unspecified atom stereocenters. The highest BCUT2D eigenvalue weighted by Gasteiger charge is 2.17. The molecule has 1 aliphatic heterocycles. The molecule has 1 heterocycles. The highest BCUT2D eigenvalue weighted by Crippen LogP contribution is 2.15. The van der Waals surface area contributed by atoms with E-state index in [0.717, 1.165) is 25.7 Å². The zero-order valence-electron chi connectivity index (χ0n) is 11.9. The minimum Gasteiger partial charge on any atom is -0.381 e. The lowest BCUT2D eigenvalue weighted by Crippen LogP contribution is -2.41. The average molecular weight is 242 g/mol. The van der Waals surface area contributed by atoms with Gasteiger partial charge in [-0.1, -0.05) is 20.3 Å². The second kappa shape index (κ2) is 8.90. The van der Waals surface area contributed by atoms with E-state index >= 15 is 0 Å². The summed E-state index contributed by atoms with van der Waals surface area (Å²) in [6.07, 6.45) is 5.03. The summed E-state index contributed by atoms with van der Waals surface area (Å²) in [7, 11) is 2.26. The lowest BCUT2D eigenvalue weighted by atomic mass is 9.99. The Bertz CT molecular complexity index is 175. The maximum Gasteiger partial charge on any atom is 0.0469 e. The van der Waals surface area contributed by atoms with Crippen LogP contribution >= 0.6 is 0 Å². The molecule has 0 saturated carbocycles. The third kappa shape index (κ3) is 6.39. The fourth-order valence-electron chi connectivity index (χ4n) is 2.72. The van der Waals surface area contributed by atoms with Gasteiger partial charge < -0.3 is 15.0 Å². The Morgan fingerprint density at radius 1 is 1.29 bits per heavy atom. The van der Waals surface area contributed by atoms with Gasteiger partial charge in [0.25, 0.3) is 0 Å². The molecule has 1 aliphatic rings. The van der Waals surface area contributed by atoms with Crippen molar-refractivity contribution in [2.24, 2.45) is 5.92 Å². The molecular weight excluding hydrogens is 212 g/mol. The SMILES string of the molecule is CCCC(CN(C)CC1CCOCC1)NCC. The third-order valence-corrected chi connectivity index (χ3v) is 3.57. The molecule has 0 amide bonds. The summed E-state index contributed by atoms with van der Waals surface area (Å²) in [5.74, 6) is 0.845. The van der Waals surface area contributed by atoms with Crippen LogP contribution in [0.2, 0.25) is 0 Å². The fourth-order valence-corrected chi connectivity index (χ4v) is 2.72. The van der Waals surface area contributed by atoms with Crippen molar-refractivity contribution in [1.82, 2.24) is 10.2 Å². The first kappa shape index (κ1) is 14.9. The Balaban J connectivity index is 2.22. The van der Waals surface area contributed by atoms with Crippen molar-refractivity contribution in [1.29, 1.82) is 0 Å². The van der Waals surface area contributed by atoms with Crippen LogP contribution in [0.5, 0.6) is 0 Å². The van der Waals surface area contributed by atoms with Crippen LogP contribution in [0.1, 0.15) is 39.5 Å². The van der Waals surface area contributed by atoms with E-state index in [0.29, 0.717) is 6.04 Å². The van der Waals surface area contributed by atoms with Crippen molar-refractivity contribution in [2.75, 3.05) is 39.9 Å². The molecule has 1 rings (SSSR count). The Labute approximate surface area is 107 Å². The van der Waals surface area contributed by atoms with Crippen LogP contribution in [0, 0.1) is 5.92 Å². The van der Waals surface area contributed by atoms with Gasteiger partial charge in [0.2, 0.25) is 0 Å². The predicted octanol–water partition coefficient (Wildman–Crippen LogP) is 2.12. The lowest BCUT2D eigenvalue weighted by Gasteiger charge is -2.30. The maximum absolute atomic E-state index is 5.41. The van der Waals surface area contributed by atoms with E-state index in [-0.39, 0.29) is 0 Å². The number of nitrogens with one attached hydrogen (secondary N) is 1. The van der Waals surface area contributed by atoms with E-state index in [1.54, 1.807) is 0 Å². The quantitative estimate of drug-likeness (QED) is 0.705. The maximum atomic E-state index is 5.41. The molecule has 17 heavy (non-hydrogen) atoms. The molecule has 0 aromatic rings. The van der Waals surface area contributed by atoms with Crippen LogP contribution < -0.4 is 5.32 Å². The first-order chi connectivity index (χ1) is 8.26. The highest BCUT2D eigenvalue weighted by atomic mass is 16.5. The van der Waals surface area contributed by atoms with Gasteiger partial charge in [0, 0.05) is 32.3 Å². The van der Waals surface area contributed by atoms with E-state index in [9.17, 15) is 0 Å². The highest BCUT2D eigenvalue weighted by molar-refractivity contribution is 4.73. The van der Waals surface area contributed by atoms with E-state index in [1.807, 2.05) is 0 Å². The molecule has 1 saturated heterocycles. The van der Waals surface area contributed by atoms with E-state index < -0.39 is 0 Å². The van der Waals surface area contributed by atoms with Crippen LogP contribution in [0.15, 0.2) is 0 Å². The second-order valence-corrected chi connectivity index (χ2v) is 5.32. The normalized spacial score (nSPS) is 19.8. The van der Waals surface area contributed by atoms with Crippen LogP contribution in [0.25, 0.3) is 0 Å². The van der Waals surface area contributed by atoms with Crippen molar-refractivity contribution in [3.05, 3.63) is 0 Å². The smallest absolute Gasteiger partial charge is 0.0469 e. The molecule has 0 aromatic carbocycles. The zero-order valence-corrected chi connectivity index (χ0v) is 11.9. The molecule has 0 aromatic heterocycles. The van der Waals surface area contributed by atoms with Gasteiger partial charge in [-0.05, 0) is 38.8 Å². The van der Waals surface area contributed by atoms with Gasteiger partial charge >= 0.3 is 0 Å². The van der Waals surface area contributed by atoms with Gasteiger partial charge in [-0.2, -0.15) is 0 Å². The third-order valence-electron chi connectivity index (χ3n) is 3.57. The molecule has 102 valence electrons. The zero-order chi connectivity index (χ0) is 12.5. The number of rotatable bonds is 8. The van der Waals surface area contributed by atoms with E-state index in [2.05, 4.69) is 31.1 Å². The van der Waals surface area contributed by atoms with Crippen molar-refractivity contribution in [3.63, 3.8) is 0 Å². The molecule has 0 bridgehead atoms. The number of hydrogen-bond acceptors (Lipinski definition) is 3. The average Bonchev–Trinajstić information content (AvgIpc) is 2.30. The van der Waals surface area contributed by atoms with Crippen LogP contribution in [-0.2, 0) is 4.74 Å². The molecule has 0 radical (unpaired) electrons. The number of nitrogens with zero attached hydrogens (tertiary/aromatic N) is 1. The molecule has 1 fully saturated rings. The van der Waals surface area contributed by atoms with Crippen molar-refractivity contribution in [2.45, 2.75) is 45.6 Å². The summed E-state index contributed by atoms with van der Waals surface area (Å²) in [4.78, 5) is 2.50. The summed E-state index contributed by atoms with van der Waals surface area (Å²) < 4.78 is 5.41. The van der Waals surface area contributed by atoms with Gasteiger partial charge in [0.15, 0.2) is 0 Å². The Morgan fingerprint density at radius 2 is 2.00 bits per heavy atom. The molecular formula is C14H30N2O. The van der Waals surface area contributed by atoms with Gasteiger partial charge in [0.05, 0.1) is 0 Å². The summed E-state index contributed by atoms with van der Waals surface area (Å²) >= 11 is 0. The predicted molar refractivity (Wildman–Crippen MR) is 73.4 cm³/mol. The van der Waals surface area contributed by atoms with Gasteiger partial charge in [0.1, 0.15) is 0 Å². The van der Waals surface area contributed by atoms with Crippen LogP contribution in [0.3, 0.4) is 0 Å². The monoisotopic (exact) mass is 242 g/mol. The summed E-state index contributed by atoms with van der Waals surface area (Å²) in [6, 6.07) is 0.662. The minimum absolute atomic E-state index is 0.662. The largest absolute Gasteiger partial charge is 0.381 e. The summed E-state index contributed by atoms with van der Waals surface area (Å²) in [5, 5.41) is 3.59. The van der Waals surface area contributed by atoms with Gasteiger partial charge in [-0.3, -0.25) is 0 Å². The molecule has 0 aliphatic carbocycles. The lowest BCUT2D eigenvalue weighted by molar-refractivity contribution is 0.0546. The first-order valence-electron chi connectivity index (χ1n) is 7.25. The molecule has 3 nitrogen and oxygen atoms in total. The Morgan fingerprint density at radius 3 is 2.59 bits per heavy atom. The molecule has 3 heteroatoms. The standard InChI is InChI=1S/C14H30N2O/c1-4-6-14(15-5-2)12-16(3)11-13-7-9-17-10-8-13/h13-15H,4-12H2,1-3H3. The Kier molecular flexibility index (Phi) is 7.82. The molecule has 1 N–H and O–H groups in total. The molecule has 1 atom stereocenters. The number of hydrogen-bond donors (Lipinski definition) is 1. The van der Waals surface area contributed by atoms with Crippen molar-refractivity contribution < 1.29 is 4.74 Å². The number of likely N-dealkylation sites (N-methyl/N-ethyl adjacent to an activating group) is 2. The summed E-state index contributed by atoms with van der Waals surface area (Å²) in [5.41, 5.74) is 0. The van der Waals surface area contributed by atoms with Crippen molar-refractivity contribution in [3.8, 4) is 0 Å². The Hall–Kier alpha value is -0.120. The second-order valence-electron chi connectivity index (χ2n) is 5.32. The summed E-state index contributed by atoms with van der Waals surface area (Å²) in [6.45, 7) is 9.88. The van der Waals surface area contributed by atoms with Crippen LogP contribution in [-0.4, -0.2) is 50.8 Å². The minimum atomic E-state index is 0.662. The van der Waals surface area contributed by atoms with Crippen molar-refractivity contribution >= 4 is 0 Å². The number of ether oxygens (including phenoxy) is 1. The molecule has 0 spiro atoms. The van der Waals surface area contributed by atoms with Gasteiger partial charge in [-0.25, -0.2) is 0 Å². The topological polar surface area (TPSA) is 24.5 Å². The van der Waals surface area contributed by atoms with Crippen LogP contribution in [0.4, 0.5) is 0 Å². The van der Waals surface area contributed by atoms with E-state index in [4.69, 9.17) is 4.74 Å². The first-order valence-corrected chi connectivity index (χ1v) is 7.25. The van der Waals surface area contributed by atoms with Gasteiger partial charge in [-0.15, -0.1) is 0 Å². The fraction of sp³-hybridized carbons (Fsp3) is 1.00. The van der Waals surface area contributed by atoms with E-state index in [1.165, 1.54) is 38.8 Å².